The molecule has 4 fully saturated rings. The van der Waals surface area contributed by atoms with Crippen LogP contribution in [-0.4, -0.2) is 58.6 Å². The first-order valence-corrected chi connectivity index (χ1v) is 12.3. The quantitative estimate of drug-likeness (QED) is 0.635. The number of aliphatic hydroxyl groups is 1. The molecule has 0 radical (unpaired) electrons. The van der Waals surface area contributed by atoms with E-state index in [0.717, 1.165) is 11.1 Å². The number of hydrogen-bond donors (Lipinski definition) is 2. The van der Waals surface area contributed by atoms with Gasteiger partial charge in [0.05, 0.1) is 37.9 Å². The van der Waals surface area contributed by atoms with Gasteiger partial charge >= 0.3 is 6.03 Å². The van der Waals surface area contributed by atoms with Gasteiger partial charge in [0.25, 0.3) is 0 Å². The van der Waals surface area contributed by atoms with Crippen molar-refractivity contribution < 1.29 is 28.9 Å². The summed E-state index contributed by atoms with van der Waals surface area (Å²) < 4.78 is 19.1. The van der Waals surface area contributed by atoms with Crippen molar-refractivity contribution >= 4 is 11.9 Å². The Hall–Kier alpha value is -2.78. The van der Waals surface area contributed by atoms with Crippen LogP contribution >= 0.6 is 0 Å². The first kappa shape index (κ1) is 22.7. The molecule has 0 unspecified atom stereocenters. The Morgan fingerprint density at radius 3 is 2.40 bits per heavy atom. The highest BCUT2D eigenvalue weighted by Gasteiger charge is 2.74. The highest BCUT2D eigenvalue weighted by Crippen LogP contribution is 2.59. The Bertz CT molecular complexity index is 1100. The van der Waals surface area contributed by atoms with Crippen LogP contribution in [0.4, 0.5) is 4.79 Å². The number of amides is 3. The lowest BCUT2D eigenvalue weighted by Gasteiger charge is -2.53. The van der Waals surface area contributed by atoms with E-state index in [1.807, 2.05) is 67.6 Å². The molecule has 3 heterocycles. The van der Waals surface area contributed by atoms with Gasteiger partial charge in [-0.1, -0.05) is 67.6 Å². The van der Waals surface area contributed by atoms with Crippen molar-refractivity contribution in [2.45, 2.75) is 56.6 Å². The standard InChI is InChI=1S/C27H30N2O6/c1-16-20-12-19-21-23(34-14-18-10-6-3-7-11-18)27(22(19)30,15-33-13-17-8-4-2-5-9-17)35-25(21)29(20)26(32)28-24(16)31/h2-11,16,19-23,25,30H,12-15H2,1H3,(H,28,31,32)/t16-,19+,20-,21+,22+,23+,25-,27+/m1/s1. The molecule has 4 aliphatic rings. The summed E-state index contributed by atoms with van der Waals surface area (Å²) >= 11 is 0. The average Bonchev–Trinajstić information content (AvgIpc) is 3.31. The van der Waals surface area contributed by atoms with E-state index in [1.54, 1.807) is 4.90 Å². The number of aliphatic hydroxyl groups excluding tert-OH is 1. The van der Waals surface area contributed by atoms with Crippen molar-refractivity contribution in [3.8, 4) is 0 Å². The van der Waals surface area contributed by atoms with Crippen LogP contribution in [0, 0.1) is 17.8 Å². The third-order valence-corrected chi connectivity index (χ3v) is 8.21. The van der Waals surface area contributed by atoms with Crippen LogP contribution in [-0.2, 0) is 32.2 Å². The molecule has 35 heavy (non-hydrogen) atoms. The smallest absolute Gasteiger partial charge is 0.326 e. The van der Waals surface area contributed by atoms with E-state index >= 15 is 0 Å². The molecule has 1 aliphatic carbocycles. The number of rotatable bonds is 7. The Balaban J connectivity index is 1.29. The first-order valence-electron chi connectivity index (χ1n) is 12.3. The normalized spacial score (nSPS) is 37.3. The number of hydrogen-bond acceptors (Lipinski definition) is 6. The summed E-state index contributed by atoms with van der Waals surface area (Å²) in [5.74, 6) is -1.03. The average molecular weight is 479 g/mol. The maximum atomic E-state index is 12.9. The van der Waals surface area contributed by atoms with E-state index in [4.69, 9.17) is 14.2 Å². The van der Waals surface area contributed by atoms with Gasteiger partial charge in [-0.2, -0.15) is 0 Å². The lowest BCUT2D eigenvalue weighted by molar-refractivity contribution is -0.247. The minimum atomic E-state index is -1.10. The lowest BCUT2D eigenvalue weighted by atomic mass is 9.76. The molecule has 2 bridgehead atoms. The predicted octanol–water partition coefficient (Wildman–Crippen LogP) is 2.45. The summed E-state index contributed by atoms with van der Waals surface area (Å²) in [7, 11) is 0. The molecular weight excluding hydrogens is 448 g/mol. The molecule has 8 atom stereocenters. The van der Waals surface area contributed by atoms with E-state index < -0.39 is 30.1 Å². The zero-order valence-electron chi connectivity index (χ0n) is 19.6. The minimum Gasteiger partial charge on any atom is -0.390 e. The van der Waals surface area contributed by atoms with Crippen LogP contribution in [0.25, 0.3) is 0 Å². The number of benzene rings is 2. The number of carbonyl (C=O) groups is 2. The topological polar surface area (TPSA) is 97.3 Å². The summed E-state index contributed by atoms with van der Waals surface area (Å²) in [5, 5.41) is 14.0. The van der Waals surface area contributed by atoms with Gasteiger partial charge < -0.3 is 19.3 Å². The molecule has 3 aliphatic heterocycles. The van der Waals surface area contributed by atoms with Gasteiger partial charge in [0.15, 0.2) is 0 Å². The molecule has 6 rings (SSSR count). The number of fused-ring (bicyclic) bond motifs is 3. The highest BCUT2D eigenvalue weighted by molar-refractivity contribution is 5.98. The molecule has 8 nitrogen and oxygen atoms in total. The monoisotopic (exact) mass is 478 g/mol. The lowest BCUT2D eigenvalue weighted by Crippen LogP contribution is -2.69. The summed E-state index contributed by atoms with van der Waals surface area (Å²) in [4.78, 5) is 26.9. The summed E-state index contributed by atoms with van der Waals surface area (Å²) in [6, 6.07) is 19.0. The Labute approximate surface area is 204 Å². The molecule has 0 spiro atoms. The molecule has 184 valence electrons. The molecule has 3 saturated heterocycles. The van der Waals surface area contributed by atoms with Gasteiger partial charge in [0, 0.05) is 12.0 Å². The third kappa shape index (κ3) is 3.59. The van der Waals surface area contributed by atoms with Crippen molar-refractivity contribution in [3.05, 3.63) is 71.8 Å². The second-order valence-electron chi connectivity index (χ2n) is 10.1. The van der Waals surface area contributed by atoms with Gasteiger partial charge in [-0.05, 0) is 23.5 Å². The van der Waals surface area contributed by atoms with E-state index in [0.29, 0.717) is 19.6 Å². The van der Waals surface area contributed by atoms with Gasteiger partial charge in [-0.25, -0.2) is 4.79 Å². The molecule has 1 saturated carbocycles. The van der Waals surface area contributed by atoms with Gasteiger partial charge in [-0.15, -0.1) is 0 Å². The van der Waals surface area contributed by atoms with Crippen molar-refractivity contribution in [3.63, 3.8) is 0 Å². The Morgan fingerprint density at radius 2 is 1.71 bits per heavy atom. The third-order valence-electron chi connectivity index (χ3n) is 8.21. The number of nitrogens with one attached hydrogen (secondary N) is 1. The molecule has 0 aromatic heterocycles. The van der Waals surface area contributed by atoms with Crippen molar-refractivity contribution in [2.75, 3.05) is 6.61 Å². The molecule has 2 aromatic rings. The molecule has 3 amide bonds. The van der Waals surface area contributed by atoms with Crippen LogP contribution < -0.4 is 5.32 Å². The number of ether oxygens (including phenoxy) is 3. The van der Waals surface area contributed by atoms with Crippen molar-refractivity contribution in [1.29, 1.82) is 0 Å². The maximum absolute atomic E-state index is 12.9. The predicted molar refractivity (Wildman–Crippen MR) is 125 cm³/mol. The number of piperidine rings is 1. The zero-order chi connectivity index (χ0) is 24.2. The first-order chi connectivity index (χ1) is 17.0. The van der Waals surface area contributed by atoms with Crippen LogP contribution in [0.2, 0.25) is 0 Å². The van der Waals surface area contributed by atoms with Gasteiger partial charge in [-0.3, -0.25) is 15.0 Å². The number of nitrogens with zero attached hydrogens (tertiary/aromatic N) is 1. The van der Waals surface area contributed by atoms with Gasteiger partial charge in [0.1, 0.15) is 11.8 Å². The highest BCUT2D eigenvalue weighted by atomic mass is 16.6. The molecular formula is C27H30N2O6. The SMILES string of the molecule is C[C@H]1C(=O)NC(=O)N2[C@@H]1C[C@H]1[C@@H]3[C@H]2O[C@@](COCc2ccccc2)([C@H]1O)[C@H]3OCc1ccccc1. The Morgan fingerprint density at radius 1 is 1.06 bits per heavy atom. The molecule has 2 N–H and O–H groups in total. The van der Waals surface area contributed by atoms with Crippen LogP contribution in [0.3, 0.4) is 0 Å². The summed E-state index contributed by atoms with van der Waals surface area (Å²) in [6.45, 7) is 2.70. The second-order valence-corrected chi connectivity index (χ2v) is 10.1. The maximum Gasteiger partial charge on any atom is 0.326 e. The van der Waals surface area contributed by atoms with Crippen LogP contribution in [0.15, 0.2) is 60.7 Å². The van der Waals surface area contributed by atoms with E-state index in [-0.39, 0.29) is 36.3 Å². The summed E-state index contributed by atoms with van der Waals surface area (Å²) in [6.07, 6.45) is -1.34. The van der Waals surface area contributed by atoms with Crippen LogP contribution in [0.5, 0.6) is 0 Å². The fourth-order valence-corrected chi connectivity index (χ4v) is 6.49. The van der Waals surface area contributed by atoms with E-state index in [1.165, 1.54) is 0 Å². The summed E-state index contributed by atoms with van der Waals surface area (Å²) in [5.41, 5.74) is 0.946. The zero-order valence-corrected chi connectivity index (χ0v) is 19.6. The fraction of sp³-hybridized carbons (Fsp3) is 0.481. The molecule has 8 heteroatoms. The number of urea groups is 1. The van der Waals surface area contributed by atoms with E-state index in [9.17, 15) is 14.7 Å². The largest absolute Gasteiger partial charge is 0.390 e. The van der Waals surface area contributed by atoms with Crippen LogP contribution in [0.1, 0.15) is 24.5 Å². The van der Waals surface area contributed by atoms with Gasteiger partial charge in [0.2, 0.25) is 5.91 Å². The minimum absolute atomic E-state index is 0.140. The van der Waals surface area contributed by atoms with Crippen molar-refractivity contribution in [1.82, 2.24) is 10.2 Å². The fourth-order valence-electron chi connectivity index (χ4n) is 6.49. The number of carbonyl (C=O) groups excluding carboxylic acids is 2. The molecule has 2 aromatic carbocycles. The van der Waals surface area contributed by atoms with E-state index in [2.05, 4.69) is 5.32 Å². The second kappa shape index (κ2) is 8.71. The Kier molecular flexibility index (Phi) is 5.64. The van der Waals surface area contributed by atoms with Crippen molar-refractivity contribution in [2.24, 2.45) is 17.8 Å². The number of imide groups is 1.